The van der Waals surface area contributed by atoms with Crippen molar-refractivity contribution >= 4 is 17.7 Å². The summed E-state index contributed by atoms with van der Waals surface area (Å²) in [5.41, 5.74) is 0. The van der Waals surface area contributed by atoms with E-state index in [9.17, 15) is 14.4 Å². The number of rotatable bonds is 4. The van der Waals surface area contributed by atoms with Gasteiger partial charge < -0.3 is 14.9 Å². The second kappa shape index (κ2) is 5.39. The minimum absolute atomic E-state index is 0.448. The van der Waals surface area contributed by atoms with Crippen LogP contribution in [0.3, 0.4) is 0 Å². The van der Waals surface area contributed by atoms with Crippen LogP contribution in [0.15, 0.2) is 0 Å². The molecule has 13 heavy (non-hydrogen) atoms. The van der Waals surface area contributed by atoms with Gasteiger partial charge in [0.1, 0.15) is 12.2 Å². The van der Waals surface area contributed by atoms with Gasteiger partial charge in [0, 0.05) is 0 Å². The lowest BCUT2D eigenvalue weighted by Gasteiger charge is -2.04. The molecule has 0 radical (unpaired) electrons. The molecule has 0 aromatic carbocycles. The maximum Gasteiger partial charge on any atom is 0.345 e. The number of carbonyl (C=O) groups is 3. The molecule has 0 amide bonds. The highest BCUT2D eigenvalue weighted by Gasteiger charge is 2.19. The van der Waals surface area contributed by atoms with Crippen molar-refractivity contribution in [2.45, 2.75) is 19.4 Å². The lowest BCUT2D eigenvalue weighted by atomic mass is 10.3. The van der Waals surface area contributed by atoms with Crippen molar-refractivity contribution in [3.63, 3.8) is 0 Å². The summed E-state index contributed by atoms with van der Waals surface area (Å²) in [5.74, 6) is -2.74. The van der Waals surface area contributed by atoms with E-state index in [4.69, 9.17) is 10.2 Å². The number of hydrogen-bond acceptors (Lipinski definition) is 6. The van der Waals surface area contributed by atoms with Crippen molar-refractivity contribution < 1.29 is 29.3 Å². The van der Waals surface area contributed by atoms with Crippen molar-refractivity contribution in [3.8, 4) is 0 Å². The van der Waals surface area contributed by atoms with Crippen LogP contribution in [-0.2, 0) is 19.1 Å². The van der Waals surface area contributed by atoms with E-state index >= 15 is 0 Å². The van der Waals surface area contributed by atoms with Crippen LogP contribution in [0, 0.1) is 0 Å². The summed E-state index contributed by atoms with van der Waals surface area (Å²) >= 11 is 0. The van der Waals surface area contributed by atoms with Crippen molar-refractivity contribution in [1.29, 1.82) is 0 Å². The van der Waals surface area contributed by atoms with E-state index in [1.807, 2.05) is 0 Å². The first-order valence-corrected chi connectivity index (χ1v) is 3.50. The Kier molecular flexibility index (Phi) is 4.86. The van der Waals surface area contributed by atoms with Crippen molar-refractivity contribution in [2.24, 2.45) is 0 Å². The fourth-order valence-electron chi connectivity index (χ4n) is 0.494. The van der Waals surface area contributed by atoms with Gasteiger partial charge in [0.25, 0.3) is 0 Å². The van der Waals surface area contributed by atoms with Gasteiger partial charge in [0.05, 0.1) is 6.61 Å². The summed E-state index contributed by atoms with van der Waals surface area (Å²) < 4.78 is 4.01. The molecule has 0 aromatic rings. The molecule has 1 atom stereocenters. The predicted molar refractivity (Wildman–Crippen MR) is 39.5 cm³/mol. The molecule has 0 saturated carbocycles. The third kappa shape index (κ3) is 5.05. The Labute approximate surface area is 74.1 Å². The molecule has 0 saturated heterocycles. The lowest BCUT2D eigenvalue weighted by molar-refractivity contribution is -0.167. The van der Waals surface area contributed by atoms with Gasteiger partial charge >= 0.3 is 11.9 Å². The summed E-state index contributed by atoms with van der Waals surface area (Å²) in [5, 5.41) is 16.9. The van der Waals surface area contributed by atoms with Gasteiger partial charge in [-0.05, 0) is 6.92 Å². The molecule has 6 heteroatoms. The lowest BCUT2D eigenvalue weighted by Crippen LogP contribution is -2.29. The topological polar surface area (TPSA) is 101 Å². The third-order valence-corrected chi connectivity index (χ3v) is 1.05. The first-order valence-electron chi connectivity index (χ1n) is 3.50. The zero-order valence-corrected chi connectivity index (χ0v) is 7.02. The van der Waals surface area contributed by atoms with E-state index in [-0.39, 0.29) is 0 Å². The molecule has 0 bridgehead atoms. The van der Waals surface area contributed by atoms with E-state index in [0.717, 1.165) is 6.92 Å². The zero-order valence-electron chi connectivity index (χ0n) is 7.02. The predicted octanol–water partition coefficient (Wildman–Crippen LogP) is -1.61. The summed E-state index contributed by atoms with van der Waals surface area (Å²) in [6.45, 7) is 0.334. The zero-order chi connectivity index (χ0) is 10.4. The van der Waals surface area contributed by atoms with Gasteiger partial charge in [0.2, 0.25) is 0 Å². The van der Waals surface area contributed by atoms with Gasteiger partial charge in [-0.15, -0.1) is 0 Å². The Hall–Kier alpha value is -1.27. The van der Waals surface area contributed by atoms with E-state index < -0.39 is 36.9 Å². The number of ether oxygens (including phenoxy) is 1. The van der Waals surface area contributed by atoms with E-state index in [1.165, 1.54) is 0 Å². The Morgan fingerprint density at radius 1 is 1.38 bits per heavy atom. The van der Waals surface area contributed by atoms with E-state index in [0.29, 0.717) is 0 Å². The monoisotopic (exact) mass is 190 g/mol. The van der Waals surface area contributed by atoms with Crippen LogP contribution in [0.4, 0.5) is 0 Å². The molecule has 0 heterocycles. The average molecular weight is 190 g/mol. The molecule has 2 N–H and O–H groups in total. The molecule has 0 spiro atoms. The van der Waals surface area contributed by atoms with Crippen LogP contribution >= 0.6 is 0 Å². The Morgan fingerprint density at radius 2 is 1.92 bits per heavy atom. The maximum absolute atomic E-state index is 10.6. The number of esters is 2. The fraction of sp³-hybridized carbons (Fsp3) is 0.571. The highest BCUT2D eigenvalue weighted by molar-refractivity contribution is 5.98. The number of aliphatic hydroxyl groups excluding tert-OH is 2. The molecule has 74 valence electrons. The maximum atomic E-state index is 10.6. The van der Waals surface area contributed by atoms with Gasteiger partial charge in [-0.3, -0.25) is 9.59 Å². The smallest absolute Gasteiger partial charge is 0.345 e. The Balaban J connectivity index is 3.92. The van der Waals surface area contributed by atoms with Crippen LogP contribution in [0.25, 0.3) is 0 Å². The van der Waals surface area contributed by atoms with Crippen LogP contribution in [-0.4, -0.2) is 40.6 Å². The molecule has 0 fully saturated rings. The minimum atomic E-state index is -1.74. The summed E-state index contributed by atoms with van der Waals surface area (Å²) in [4.78, 5) is 31.6. The molecule has 0 aliphatic carbocycles. The number of aliphatic hydroxyl groups is 2. The van der Waals surface area contributed by atoms with Crippen LogP contribution < -0.4 is 0 Å². The number of hydrogen-bond donors (Lipinski definition) is 2. The SMILES string of the molecule is CC(=O)CC(=O)OC(=O)C(O)CO. The largest absolute Gasteiger partial charge is 0.393 e. The minimum Gasteiger partial charge on any atom is -0.393 e. The van der Waals surface area contributed by atoms with Crippen LogP contribution in [0.2, 0.25) is 0 Å². The number of ketones is 1. The van der Waals surface area contributed by atoms with Crippen molar-refractivity contribution in [1.82, 2.24) is 0 Å². The normalized spacial score (nSPS) is 11.9. The highest BCUT2D eigenvalue weighted by Crippen LogP contribution is 1.92. The first kappa shape index (κ1) is 11.7. The molecular formula is C7H10O6. The van der Waals surface area contributed by atoms with Crippen molar-refractivity contribution in [3.05, 3.63) is 0 Å². The van der Waals surface area contributed by atoms with Crippen LogP contribution in [0.1, 0.15) is 13.3 Å². The van der Waals surface area contributed by atoms with Gasteiger partial charge in [-0.1, -0.05) is 0 Å². The molecule has 0 aliphatic rings. The van der Waals surface area contributed by atoms with Crippen LogP contribution in [0.5, 0.6) is 0 Å². The highest BCUT2D eigenvalue weighted by atomic mass is 16.6. The molecule has 1 unspecified atom stereocenters. The first-order chi connectivity index (χ1) is 5.97. The summed E-state index contributed by atoms with van der Waals surface area (Å²) in [6, 6.07) is 0. The molecule has 0 rings (SSSR count). The second-order valence-corrected chi connectivity index (χ2v) is 2.37. The Morgan fingerprint density at radius 3 is 2.31 bits per heavy atom. The van der Waals surface area contributed by atoms with Gasteiger partial charge in [0.15, 0.2) is 6.10 Å². The Bertz CT molecular complexity index is 221. The van der Waals surface area contributed by atoms with Gasteiger partial charge in [-0.25, -0.2) is 4.79 Å². The molecule has 6 nitrogen and oxygen atoms in total. The van der Waals surface area contributed by atoms with E-state index in [2.05, 4.69) is 4.74 Å². The van der Waals surface area contributed by atoms with Gasteiger partial charge in [-0.2, -0.15) is 0 Å². The standard InChI is InChI=1S/C7H10O6/c1-4(9)2-6(11)13-7(12)5(10)3-8/h5,8,10H,2-3H2,1H3. The van der Waals surface area contributed by atoms with Crippen molar-refractivity contribution in [2.75, 3.05) is 6.61 Å². The quantitative estimate of drug-likeness (QED) is 0.408. The molecule has 0 aromatic heterocycles. The fourth-order valence-corrected chi connectivity index (χ4v) is 0.494. The van der Waals surface area contributed by atoms with E-state index in [1.54, 1.807) is 0 Å². The molecular weight excluding hydrogens is 180 g/mol. The average Bonchev–Trinajstić information content (AvgIpc) is 2.01. The molecule has 0 aliphatic heterocycles. The second-order valence-electron chi connectivity index (χ2n) is 2.37. The number of carbonyl (C=O) groups excluding carboxylic acids is 3. The third-order valence-electron chi connectivity index (χ3n) is 1.05. The summed E-state index contributed by atoms with van der Waals surface area (Å²) in [7, 11) is 0. The number of Topliss-reactive ketones (excluding diaryl/α,β-unsaturated/α-hetero) is 1. The summed E-state index contributed by atoms with van der Waals surface area (Å²) in [6.07, 6.45) is -2.26.